The Morgan fingerprint density at radius 1 is 1.04 bits per heavy atom. The number of carboxylic acid groups (broad SMARTS) is 1. The van der Waals surface area contributed by atoms with Crippen LogP contribution in [0.2, 0.25) is 0 Å². The first-order chi connectivity index (χ1) is 12.8. The highest BCUT2D eigenvalue weighted by molar-refractivity contribution is 5.88. The Balaban J connectivity index is 1.80. The Bertz CT molecular complexity index is 840. The molecule has 1 N–H and O–H groups in total. The Morgan fingerprint density at radius 2 is 1.67 bits per heavy atom. The van der Waals surface area contributed by atoms with Crippen molar-refractivity contribution in [2.75, 3.05) is 13.1 Å². The predicted molar refractivity (Wildman–Crippen MR) is 101 cm³/mol. The number of likely N-dealkylation sites (tertiary alicyclic amines) is 1. The molecule has 142 valence electrons. The van der Waals surface area contributed by atoms with Crippen molar-refractivity contribution in [2.24, 2.45) is 0 Å². The molecule has 2 aromatic rings. The molecule has 27 heavy (non-hydrogen) atoms. The van der Waals surface area contributed by atoms with Crippen molar-refractivity contribution in [1.82, 2.24) is 4.90 Å². The van der Waals surface area contributed by atoms with E-state index in [0.717, 1.165) is 5.56 Å². The molecule has 0 unspecified atom stereocenters. The number of piperidine rings is 1. The van der Waals surface area contributed by atoms with E-state index in [9.17, 15) is 19.1 Å². The molecule has 1 aliphatic heterocycles. The maximum Gasteiger partial charge on any atom is 0.314 e. The van der Waals surface area contributed by atoms with Crippen LogP contribution in [0.3, 0.4) is 0 Å². The van der Waals surface area contributed by atoms with Gasteiger partial charge in [-0.05, 0) is 49.9 Å². The summed E-state index contributed by atoms with van der Waals surface area (Å²) in [6, 6.07) is 15.3. The minimum Gasteiger partial charge on any atom is -0.481 e. The van der Waals surface area contributed by atoms with E-state index in [2.05, 4.69) is 0 Å². The number of carboxylic acids is 1. The summed E-state index contributed by atoms with van der Waals surface area (Å²) in [6.07, 6.45) is 0.717. The third-order valence-corrected chi connectivity index (χ3v) is 5.72. The summed E-state index contributed by atoms with van der Waals surface area (Å²) in [4.78, 5) is 26.9. The summed E-state index contributed by atoms with van der Waals surface area (Å²) in [5.74, 6) is -1.34. The number of amides is 1. The van der Waals surface area contributed by atoms with Gasteiger partial charge < -0.3 is 10.0 Å². The van der Waals surface area contributed by atoms with Crippen molar-refractivity contribution < 1.29 is 19.1 Å². The van der Waals surface area contributed by atoms with Gasteiger partial charge >= 0.3 is 5.97 Å². The van der Waals surface area contributed by atoms with Crippen LogP contribution in [0.15, 0.2) is 54.6 Å². The van der Waals surface area contributed by atoms with E-state index >= 15 is 0 Å². The van der Waals surface area contributed by atoms with Crippen molar-refractivity contribution in [1.29, 1.82) is 0 Å². The van der Waals surface area contributed by atoms with Crippen LogP contribution < -0.4 is 0 Å². The number of hydrogen-bond donors (Lipinski definition) is 1. The highest BCUT2D eigenvalue weighted by atomic mass is 19.1. The van der Waals surface area contributed by atoms with Gasteiger partial charge in [0.15, 0.2) is 0 Å². The number of benzene rings is 2. The zero-order chi connectivity index (χ0) is 19.7. The minimum atomic E-state index is -0.971. The largest absolute Gasteiger partial charge is 0.481 e. The molecule has 0 saturated carbocycles. The van der Waals surface area contributed by atoms with E-state index in [1.165, 1.54) is 12.1 Å². The van der Waals surface area contributed by atoms with Gasteiger partial charge in [0, 0.05) is 13.1 Å². The van der Waals surface area contributed by atoms with Gasteiger partial charge in [-0.2, -0.15) is 0 Å². The minimum absolute atomic E-state index is 0.111. The topological polar surface area (TPSA) is 57.6 Å². The maximum absolute atomic E-state index is 13.6. The number of aliphatic carboxylic acids is 1. The lowest BCUT2D eigenvalue weighted by Gasteiger charge is -2.41. The standard InChI is InChI=1S/C22H24FNO3/c1-21(2,17-9-6-10-18(23)15-17)19(25)24-13-11-22(12-14-24,20(26)27)16-7-4-3-5-8-16/h3-10,15H,11-14H2,1-2H3,(H,26,27). The zero-order valence-electron chi connectivity index (χ0n) is 15.6. The fourth-order valence-electron chi connectivity index (χ4n) is 3.87. The zero-order valence-corrected chi connectivity index (χ0v) is 15.6. The molecule has 1 fully saturated rings. The lowest BCUT2D eigenvalue weighted by Crippen LogP contribution is -2.52. The number of hydrogen-bond acceptors (Lipinski definition) is 2. The second kappa shape index (κ2) is 7.14. The van der Waals surface area contributed by atoms with Crippen molar-refractivity contribution in [2.45, 2.75) is 37.5 Å². The third-order valence-electron chi connectivity index (χ3n) is 5.72. The van der Waals surface area contributed by atoms with Crippen molar-refractivity contribution in [3.05, 3.63) is 71.5 Å². The van der Waals surface area contributed by atoms with Crippen LogP contribution in [0.25, 0.3) is 0 Å². The Kier molecular flexibility index (Phi) is 5.05. The van der Waals surface area contributed by atoms with Gasteiger partial charge in [-0.1, -0.05) is 42.5 Å². The number of rotatable bonds is 4. The number of halogens is 1. The van der Waals surface area contributed by atoms with Crippen LogP contribution in [0.5, 0.6) is 0 Å². The third kappa shape index (κ3) is 3.46. The van der Waals surface area contributed by atoms with E-state index in [1.54, 1.807) is 30.9 Å². The summed E-state index contributed by atoms with van der Waals surface area (Å²) < 4.78 is 13.6. The summed E-state index contributed by atoms with van der Waals surface area (Å²) in [5, 5.41) is 9.89. The molecule has 3 rings (SSSR count). The van der Waals surface area contributed by atoms with Gasteiger partial charge in [-0.3, -0.25) is 9.59 Å². The lowest BCUT2D eigenvalue weighted by atomic mass is 9.72. The monoisotopic (exact) mass is 369 g/mol. The molecule has 1 heterocycles. The van der Waals surface area contributed by atoms with Gasteiger partial charge in [0.25, 0.3) is 0 Å². The first kappa shape index (κ1) is 19.1. The molecule has 2 aromatic carbocycles. The number of nitrogens with zero attached hydrogens (tertiary/aromatic N) is 1. The van der Waals surface area contributed by atoms with Crippen LogP contribution in [-0.2, 0) is 20.4 Å². The van der Waals surface area contributed by atoms with Gasteiger partial charge in [-0.15, -0.1) is 0 Å². The van der Waals surface area contributed by atoms with Crippen LogP contribution >= 0.6 is 0 Å². The van der Waals surface area contributed by atoms with Gasteiger partial charge in [0.05, 0.1) is 10.8 Å². The molecule has 5 heteroatoms. The van der Waals surface area contributed by atoms with Gasteiger partial charge in [0.1, 0.15) is 5.82 Å². The van der Waals surface area contributed by atoms with Crippen LogP contribution in [-0.4, -0.2) is 35.0 Å². The second-order valence-electron chi connectivity index (χ2n) is 7.68. The average molecular weight is 369 g/mol. The summed E-state index contributed by atoms with van der Waals surface area (Å²) in [7, 11) is 0. The summed E-state index contributed by atoms with van der Waals surface area (Å²) in [6.45, 7) is 4.28. The molecule has 0 spiro atoms. The first-order valence-electron chi connectivity index (χ1n) is 9.12. The molecule has 1 amide bonds. The van der Waals surface area contributed by atoms with Gasteiger partial charge in [-0.25, -0.2) is 4.39 Å². The fourth-order valence-corrected chi connectivity index (χ4v) is 3.87. The smallest absolute Gasteiger partial charge is 0.314 e. The molecule has 0 radical (unpaired) electrons. The van der Waals surface area contributed by atoms with E-state index < -0.39 is 16.8 Å². The second-order valence-corrected chi connectivity index (χ2v) is 7.68. The SMILES string of the molecule is CC(C)(C(=O)N1CCC(C(=O)O)(c2ccccc2)CC1)c1cccc(F)c1. The van der Waals surface area contributed by atoms with Crippen molar-refractivity contribution >= 4 is 11.9 Å². The highest BCUT2D eigenvalue weighted by Crippen LogP contribution is 2.37. The molecule has 1 aliphatic rings. The molecule has 0 aromatic heterocycles. The molecule has 1 saturated heterocycles. The maximum atomic E-state index is 13.6. The summed E-state index contributed by atoms with van der Waals surface area (Å²) in [5.41, 5.74) is -0.460. The Labute approximate surface area is 158 Å². The van der Waals surface area contributed by atoms with E-state index in [0.29, 0.717) is 31.5 Å². The Morgan fingerprint density at radius 3 is 2.22 bits per heavy atom. The van der Waals surface area contributed by atoms with Gasteiger partial charge in [0.2, 0.25) is 5.91 Å². The van der Waals surface area contributed by atoms with E-state index in [1.807, 2.05) is 30.3 Å². The molecule has 0 bridgehead atoms. The number of carbonyl (C=O) groups excluding carboxylic acids is 1. The first-order valence-corrected chi connectivity index (χ1v) is 9.12. The normalized spacial score (nSPS) is 16.8. The van der Waals surface area contributed by atoms with E-state index in [4.69, 9.17) is 0 Å². The fraction of sp³-hybridized carbons (Fsp3) is 0.364. The van der Waals surface area contributed by atoms with Crippen molar-refractivity contribution in [3.63, 3.8) is 0 Å². The highest BCUT2D eigenvalue weighted by Gasteiger charge is 2.45. The lowest BCUT2D eigenvalue weighted by molar-refractivity contribution is -0.149. The number of carbonyl (C=O) groups is 2. The van der Waals surface area contributed by atoms with E-state index in [-0.39, 0.29) is 11.7 Å². The molecule has 0 atom stereocenters. The Hall–Kier alpha value is -2.69. The molecule has 4 nitrogen and oxygen atoms in total. The molecule has 0 aliphatic carbocycles. The van der Waals surface area contributed by atoms with Crippen LogP contribution in [0.1, 0.15) is 37.8 Å². The van der Waals surface area contributed by atoms with Crippen LogP contribution in [0, 0.1) is 5.82 Å². The molecular formula is C22H24FNO3. The predicted octanol–water partition coefficient (Wildman–Crippen LogP) is 3.75. The van der Waals surface area contributed by atoms with Crippen LogP contribution in [0.4, 0.5) is 4.39 Å². The molecular weight excluding hydrogens is 345 g/mol. The average Bonchev–Trinajstić information content (AvgIpc) is 2.68. The quantitative estimate of drug-likeness (QED) is 0.893. The van der Waals surface area contributed by atoms with Crippen molar-refractivity contribution in [3.8, 4) is 0 Å². The summed E-state index contributed by atoms with van der Waals surface area (Å²) >= 11 is 0.